The van der Waals surface area contributed by atoms with Crippen molar-refractivity contribution in [2.24, 2.45) is 0 Å². The number of benzene rings is 1. The Balaban J connectivity index is 2.09. The maximum atomic E-state index is 12.2. The van der Waals surface area contributed by atoms with E-state index in [0.29, 0.717) is 5.56 Å². The van der Waals surface area contributed by atoms with Crippen molar-refractivity contribution in [2.45, 2.75) is 13.0 Å². The Labute approximate surface area is 133 Å². The average molecular weight is 348 g/mol. The molecule has 0 saturated carbocycles. The lowest BCUT2D eigenvalue weighted by Crippen LogP contribution is -2.27. The SMILES string of the molecule is CC(NC(=O)c1ccc(N(C)C)nc1)c1ccccc1Br. The molecule has 0 aliphatic rings. The van der Waals surface area contributed by atoms with Gasteiger partial charge in [0.1, 0.15) is 5.82 Å². The lowest BCUT2D eigenvalue weighted by atomic mass is 10.1. The van der Waals surface area contributed by atoms with Crippen molar-refractivity contribution in [2.75, 3.05) is 19.0 Å². The van der Waals surface area contributed by atoms with Gasteiger partial charge in [-0.1, -0.05) is 34.1 Å². The van der Waals surface area contributed by atoms with Crippen LogP contribution in [0.5, 0.6) is 0 Å². The number of carbonyl (C=O) groups excluding carboxylic acids is 1. The van der Waals surface area contributed by atoms with E-state index in [0.717, 1.165) is 15.9 Å². The Kier molecular flexibility index (Phi) is 4.96. The number of rotatable bonds is 4. The molecule has 1 heterocycles. The van der Waals surface area contributed by atoms with E-state index in [2.05, 4.69) is 26.2 Å². The zero-order valence-electron chi connectivity index (χ0n) is 12.3. The molecular formula is C16H18BrN3O. The second kappa shape index (κ2) is 6.72. The van der Waals surface area contributed by atoms with E-state index in [4.69, 9.17) is 0 Å². The number of nitrogens with zero attached hydrogens (tertiary/aromatic N) is 2. The van der Waals surface area contributed by atoms with Crippen molar-refractivity contribution in [1.82, 2.24) is 10.3 Å². The van der Waals surface area contributed by atoms with Crippen LogP contribution in [0.4, 0.5) is 5.82 Å². The first-order valence-corrected chi connectivity index (χ1v) is 7.47. The minimum Gasteiger partial charge on any atom is -0.363 e. The third-order valence-corrected chi connectivity index (χ3v) is 3.91. The van der Waals surface area contributed by atoms with Crippen molar-refractivity contribution >= 4 is 27.7 Å². The van der Waals surface area contributed by atoms with Gasteiger partial charge in [0.15, 0.2) is 0 Å². The zero-order valence-corrected chi connectivity index (χ0v) is 13.9. The highest BCUT2D eigenvalue weighted by Gasteiger charge is 2.13. The number of amides is 1. The van der Waals surface area contributed by atoms with Crippen LogP contribution in [0.3, 0.4) is 0 Å². The van der Waals surface area contributed by atoms with Gasteiger partial charge < -0.3 is 10.2 Å². The molecule has 0 aliphatic carbocycles. The van der Waals surface area contributed by atoms with Crippen LogP contribution in [0.2, 0.25) is 0 Å². The van der Waals surface area contributed by atoms with E-state index in [1.54, 1.807) is 12.3 Å². The van der Waals surface area contributed by atoms with Gasteiger partial charge in [-0.15, -0.1) is 0 Å². The molecule has 1 N–H and O–H groups in total. The molecule has 1 amide bonds. The molecule has 4 nitrogen and oxygen atoms in total. The molecule has 0 radical (unpaired) electrons. The Hall–Kier alpha value is -1.88. The summed E-state index contributed by atoms with van der Waals surface area (Å²) in [6.45, 7) is 1.96. The molecule has 2 rings (SSSR count). The lowest BCUT2D eigenvalue weighted by molar-refractivity contribution is 0.0939. The summed E-state index contributed by atoms with van der Waals surface area (Å²) < 4.78 is 0.985. The van der Waals surface area contributed by atoms with Crippen molar-refractivity contribution in [3.05, 3.63) is 58.2 Å². The van der Waals surface area contributed by atoms with Gasteiger partial charge in [-0.25, -0.2) is 4.98 Å². The van der Waals surface area contributed by atoms with Crippen LogP contribution < -0.4 is 10.2 Å². The van der Waals surface area contributed by atoms with Crippen LogP contribution in [0.15, 0.2) is 47.1 Å². The number of carbonyl (C=O) groups is 1. The molecule has 0 bridgehead atoms. The van der Waals surface area contributed by atoms with Crippen molar-refractivity contribution in [3.63, 3.8) is 0 Å². The number of anilines is 1. The quantitative estimate of drug-likeness (QED) is 0.921. The summed E-state index contributed by atoms with van der Waals surface area (Å²) in [7, 11) is 3.83. The average Bonchev–Trinajstić information content (AvgIpc) is 2.47. The third-order valence-electron chi connectivity index (χ3n) is 3.19. The summed E-state index contributed by atoms with van der Waals surface area (Å²) >= 11 is 3.50. The van der Waals surface area contributed by atoms with Crippen LogP contribution in [0.1, 0.15) is 28.9 Å². The topological polar surface area (TPSA) is 45.2 Å². The monoisotopic (exact) mass is 347 g/mol. The number of pyridine rings is 1. The molecule has 0 fully saturated rings. The number of hydrogen-bond acceptors (Lipinski definition) is 3. The van der Waals surface area contributed by atoms with Crippen molar-refractivity contribution in [1.29, 1.82) is 0 Å². The van der Waals surface area contributed by atoms with E-state index < -0.39 is 0 Å². The van der Waals surface area contributed by atoms with Gasteiger partial charge in [-0.2, -0.15) is 0 Å². The first kappa shape index (κ1) is 15.5. The maximum Gasteiger partial charge on any atom is 0.253 e. The van der Waals surface area contributed by atoms with E-state index in [9.17, 15) is 4.79 Å². The smallest absolute Gasteiger partial charge is 0.253 e. The second-order valence-corrected chi connectivity index (χ2v) is 5.87. The van der Waals surface area contributed by atoms with Crippen molar-refractivity contribution in [3.8, 4) is 0 Å². The highest BCUT2D eigenvalue weighted by atomic mass is 79.9. The van der Waals surface area contributed by atoms with Gasteiger partial charge in [0.05, 0.1) is 11.6 Å². The first-order chi connectivity index (χ1) is 9.99. The predicted molar refractivity (Wildman–Crippen MR) is 88.6 cm³/mol. The molecule has 0 aliphatic heterocycles. The van der Waals surface area contributed by atoms with Crippen LogP contribution in [-0.4, -0.2) is 25.0 Å². The largest absolute Gasteiger partial charge is 0.363 e. The molecule has 1 unspecified atom stereocenters. The number of hydrogen-bond donors (Lipinski definition) is 1. The molecule has 0 spiro atoms. The van der Waals surface area contributed by atoms with Crippen LogP contribution in [0.25, 0.3) is 0 Å². The molecule has 1 aromatic carbocycles. The minimum atomic E-state index is -0.129. The fourth-order valence-electron chi connectivity index (χ4n) is 1.97. The third kappa shape index (κ3) is 3.82. The Morgan fingerprint density at radius 1 is 1.24 bits per heavy atom. The molecular weight excluding hydrogens is 330 g/mol. The number of halogens is 1. The molecule has 0 saturated heterocycles. The van der Waals surface area contributed by atoms with Gasteiger partial charge in [-0.05, 0) is 30.7 Å². The van der Waals surface area contributed by atoms with Gasteiger partial charge in [0.2, 0.25) is 0 Å². The minimum absolute atomic E-state index is 0.0819. The lowest BCUT2D eigenvalue weighted by Gasteiger charge is -2.16. The number of aromatic nitrogens is 1. The van der Waals surface area contributed by atoms with Crippen LogP contribution >= 0.6 is 15.9 Å². The van der Waals surface area contributed by atoms with Gasteiger partial charge in [-0.3, -0.25) is 4.79 Å². The van der Waals surface area contributed by atoms with E-state index >= 15 is 0 Å². The zero-order chi connectivity index (χ0) is 15.4. The molecule has 2 aromatic rings. The summed E-state index contributed by atoms with van der Waals surface area (Å²) in [6.07, 6.45) is 1.59. The predicted octanol–water partition coefficient (Wildman–Crippen LogP) is 3.40. The van der Waals surface area contributed by atoms with E-state index in [1.807, 2.05) is 56.3 Å². The summed E-state index contributed by atoms with van der Waals surface area (Å²) in [6, 6.07) is 11.4. The Morgan fingerprint density at radius 3 is 2.52 bits per heavy atom. The Bertz CT molecular complexity index is 626. The van der Waals surface area contributed by atoms with Gasteiger partial charge in [0.25, 0.3) is 5.91 Å². The molecule has 5 heteroatoms. The van der Waals surface area contributed by atoms with Crippen molar-refractivity contribution < 1.29 is 4.79 Å². The Morgan fingerprint density at radius 2 is 1.95 bits per heavy atom. The first-order valence-electron chi connectivity index (χ1n) is 6.67. The molecule has 110 valence electrons. The highest BCUT2D eigenvalue weighted by molar-refractivity contribution is 9.10. The van der Waals surface area contributed by atoms with E-state index in [1.165, 1.54) is 0 Å². The summed E-state index contributed by atoms with van der Waals surface area (Å²) in [5.41, 5.74) is 1.60. The normalized spacial score (nSPS) is 11.8. The maximum absolute atomic E-state index is 12.2. The summed E-state index contributed by atoms with van der Waals surface area (Å²) in [4.78, 5) is 18.4. The van der Waals surface area contributed by atoms with Gasteiger partial charge in [0, 0.05) is 24.8 Å². The summed E-state index contributed by atoms with van der Waals surface area (Å²) in [5.74, 6) is 0.696. The standard InChI is InChI=1S/C16H18BrN3O/c1-11(13-6-4-5-7-14(13)17)19-16(21)12-8-9-15(18-10-12)20(2)3/h4-11H,1-3H3,(H,19,21). The molecule has 1 atom stereocenters. The summed E-state index contributed by atoms with van der Waals surface area (Å²) in [5, 5.41) is 2.98. The second-order valence-electron chi connectivity index (χ2n) is 5.02. The fourth-order valence-corrected chi connectivity index (χ4v) is 2.60. The molecule has 1 aromatic heterocycles. The van der Waals surface area contributed by atoms with E-state index in [-0.39, 0.29) is 11.9 Å². The van der Waals surface area contributed by atoms with Crippen LogP contribution in [-0.2, 0) is 0 Å². The van der Waals surface area contributed by atoms with Gasteiger partial charge >= 0.3 is 0 Å². The highest BCUT2D eigenvalue weighted by Crippen LogP contribution is 2.23. The number of nitrogens with one attached hydrogen (secondary N) is 1. The fraction of sp³-hybridized carbons (Fsp3) is 0.250. The van der Waals surface area contributed by atoms with Crippen LogP contribution in [0, 0.1) is 0 Å². The molecule has 21 heavy (non-hydrogen) atoms.